The Kier molecular flexibility index (Phi) is 6.26. The van der Waals surface area contributed by atoms with Gasteiger partial charge in [-0.1, -0.05) is 11.6 Å². The molecule has 3 aromatic rings. The van der Waals surface area contributed by atoms with Gasteiger partial charge in [-0.3, -0.25) is 9.78 Å². The van der Waals surface area contributed by atoms with E-state index in [1.165, 1.54) is 4.90 Å². The van der Waals surface area contributed by atoms with E-state index in [0.29, 0.717) is 11.1 Å². The van der Waals surface area contributed by atoms with Crippen LogP contribution in [0.2, 0.25) is 5.02 Å². The molecule has 6 heteroatoms. The lowest BCUT2D eigenvalue weighted by molar-refractivity contribution is 0.0926. The molecule has 1 fully saturated rings. The van der Waals surface area contributed by atoms with Gasteiger partial charge in [-0.25, -0.2) is 0 Å². The third-order valence-electron chi connectivity index (χ3n) is 5.48. The summed E-state index contributed by atoms with van der Waals surface area (Å²) in [5, 5.41) is 8.64. The van der Waals surface area contributed by atoms with Gasteiger partial charge in [0.2, 0.25) is 0 Å². The summed E-state index contributed by atoms with van der Waals surface area (Å²) < 4.78 is 0. The maximum atomic E-state index is 12.5. The minimum absolute atomic E-state index is 0.0195. The van der Waals surface area contributed by atoms with Crippen LogP contribution in [0.15, 0.2) is 59.6 Å². The van der Waals surface area contributed by atoms with Crippen molar-refractivity contribution in [3.63, 3.8) is 0 Å². The van der Waals surface area contributed by atoms with Crippen LogP contribution in [0.3, 0.4) is 0 Å². The molecule has 0 saturated heterocycles. The normalized spacial score (nSPS) is 19.1. The molecule has 29 heavy (non-hydrogen) atoms. The van der Waals surface area contributed by atoms with Gasteiger partial charge in [0.15, 0.2) is 0 Å². The highest BCUT2D eigenvalue weighted by Crippen LogP contribution is 2.28. The zero-order valence-electron chi connectivity index (χ0n) is 16.3. The molecular formula is C23H24ClN3OS. The molecule has 2 aromatic carbocycles. The summed E-state index contributed by atoms with van der Waals surface area (Å²) in [5.41, 5.74) is 2.72. The van der Waals surface area contributed by atoms with Gasteiger partial charge in [0, 0.05) is 44.8 Å². The van der Waals surface area contributed by atoms with E-state index in [4.69, 9.17) is 11.6 Å². The number of halogens is 1. The standard InChI is InChI=1S/C23H24ClN3OS/c1-29-19-9-2-15(3-10-19)23(28)27-18-7-5-17(6-8-18)26-21-12-13-25-22-14-16(24)4-11-20(21)22/h2-4,9-14,17-18H,5-8H2,1H3,(H,25,26)(H,27,28). The van der Waals surface area contributed by atoms with E-state index in [1.54, 1.807) is 11.8 Å². The minimum Gasteiger partial charge on any atom is -0.382 e. The average Bonchev–Trinajstić information content (AvgIpc) is 2.75. The van der Waals surface area contributed by atoms with E-state index >= 15 is 0 Å². The molecule has 1 saturated carbocycles. The van der Waals surface area contributed by atoms with E-state index in [9.17, 15) is 4.79 Å². The predicted molar refractivity (Wildman–Crippen MR) is 122 cm³/mol. The number of nitrogens with one attached hydrogen (secondary N) is 2. The molecular weight excluding hydrogens is 402 g/mol. The van der Waals surface area contributed by atoms with Crippen LogP contribution in [0.1, 0.15) is 36.0 Å². The summed E-state index contributed by atoms with van der Waals surface area (Å²) >= 11 is 7.76. The SMILES string of the molecule is CSc1ccc(C(=O)NC2CCC(Nc3ccnc4cc(Cl)ccc34)CC2)cc1. The fraction of sp³-hybridized carbons (Fsp3) is 0.304. The molecule has 1 amide bonds. The summed E-state index contributed by atoms with van der Waals surface area (Å²) in [6, 6.07) is 16.2. The van der Waals surface area contributed by atoms with E-state index in [1.807, 2.05) is 61.0 Å². The number of anilines is 1. The number of carbonyl (C=O) groups is 1. The topological polar surface area (TPSA) is 54.0 Å². The van der Waals surface area contributed by atoms with Crippen molar-refractivity contribution < 1.29 is 4.79 Å². The van der Waals surface area contributed by atoms with Gasteiger partial charge >= 0.3 is 0 Å². The minimum atomic E-state index is 0.0195. The number of hydrogen-bond donors (Lipinski definition) is 2. The summed E-state index contributed by atoms with van der Waals surface area (Å²) in [7, 11) is 0. The third-order valence-corrected chi connectivity index (χ3v) is 6.46. The van der Waals surface area contributed by atoms with Crippen molar-refractivity contribution in [3.8, 4) is 0 Å². The van der Waals surface area contributed by atoms with Crippen molar-refractivity contribution in [2.75, 3.05) is 11.6 Å². The highest BCUT2D eigenvalue weighted by molar-refractivity contribution is 7.98. The van der Waals surface area contributed by atoms with Gasteiger partial charge in [-0.2, -0.15) is 0 Å². The smallest absolute Gasteiger partial charge is 0.251 e. The number of nitrogens with zero attached hydrogens (tertiary/aromatic N) is 1. The zero-order chi connectivity index (χ0) is 20.2. The van der Waals surface area contributed by atoms with Crippen LogP contribution < -0.4 is 10.6 Å². The molecule has 0 bridgehead atoms. The second-order valence-electron chi connectivity index (χ2n) is 7.41. The van der Waals surface area contributed by atoms with Gasteiger partial charge in [0.25, 0.3) is 5.91 Å². The molecule has 1 aliphatic carbocycles. The first-order chi connectivity index (χ1) is 14.1. The predicted octanol–water partition coefficient (Wildman–Crippen LogP) is 5.76. The Balaban J connectivity index is 1.33. The van der Waals surface area contributed by atoms with Crippen LogP contribution in [0.25, 0.3) is 10.9 Å². The Morgan fingerprint density at radius 1 is 1.03 bits per heavy atom. The summed E-state index contributed by atoms with van der Waals surface area (Å²) in [4.78, 5) is 18.1. The van der Waals surface area contributed by atoms with E-state index < -0.39 is 0 Å². The number of thioether (sulfide) groups is 1. The maximum Gasteiger partial charge on any atom is 0.251 e. The quantitative estimate of drug-likeness (QED) is 0.510. The van der Waals surface area contributed by atoms with Gasteiger partial charge in [0.1, 0.15) is 0 Å². The second-order valence-corrected chi connectivity index (χ2v) is 8.73. The molecule has 4 nitrogen and oxygen atoms in total. The van der Waals surface area contributed by atoms with Crippen molar-refractivity contribution in [3.05, 3.63) is 65.3 Å². The number of rotatable bonds is 5. The molecule has 2 N–H and O–H groups in total. The number of carbonyl (C=O) groups excluding carboxylic acids is 1. The Morgan fingerprint density at radius 2 is 1.76 bits per heavy atom. The fourth-order valence-corrected chi connectivity index (χ4v) is 4.43. The first-order valence-corrected chi connectivity index (χ1v) is 11.5. The van der Waals surface area contributed by atoms with Crippen LogP contribution in [0.5, 0.6) is 0 Å². The first kappa shape index (κ1) is 20.0. The van der Waals surface area contributed by atoms with E-state index in [0.717, 1.165) is 47.8 Å². The molecule has 1 heterocycles. The summed E-state index contributed by atoms with van der Waals surface area (Å²) in [6.07, 6.45) is 7.84. The van der Waals surface area contributed by atoms with E-state index in [2.05, 4.69) is 15.6 Å². The fourth-order valence-electron chi connectivity index (χ4n) is 3.86. The average molecular weight is 426 g/mol. The Labute approximate surface area is 180 Å². The highest BCUT2D eigenvalue weighted by Gasteiger charge is 2.23. The number of amides is 1. The lowest BCUT2D eigenvalue weighted by Gasteiger charge is -2.30. The van der Waals surface area contributed by atoms with Crippen LogP contribution in [-0.4, -0.2) is 29.2 Å². The number of aromatic nitrogens is 1. The molecule has 0 spiro atoms. The number of pyridine rings is 1. The highest BCUT2D eigenvalue weighted by atomic mass is 35.5. The summed E-state index contributed by atoms with van der Waals surface area (Å²) in [5.74, 6) is 0.0195. The molecule has 0 aliphatic heterocycles. The first-order valence-electron chi connectivity index (χ1n) is 9.88. The molecule has 1 aliphatic rings. The van der Waals surface area contributed by atoms with Crippen molar-refractivity contribution in [1.29, 1.82) is 0 Å². The van der Waals surface area contributed by atoms with Crippen LogP contribution in [0.4, 0.5) is 5.69 Å². The van der Waals surface area contributed by atoms with Gasteiger partial charge in [-0.15, -0.1) is 11.8 Å². The number of benzene rings is 2. The molecule has 0 radical (unpaired) electrons. The molecule has 150 valence electrons. The number of hydrogen-bond acceptors (Lipinski definition) is 4. The zero-order valence-corrected chi connectivity index (χ0v) is 17.9. The third kappa shape index (κ3) is 4.85. The Hall–Kier alpha value is -2.24. The lowest BCUT2D eigenvalue weighted by Crippen LogP contribution is -2.40. The molecule has 0 atom stereocenters. The molecule has 0 unspecified atom stereocenters. The monoisotopic (exact) mass is 425 g/mol. The second kappa shape index (κ2) is 9.06. The van der Waals surface area contributed by atoms with Crippen molar-refractivity contribution >= 4 is 45.9 Å². The molecule has 4 rings (SSSR count). The lowest BCUT2D eigenvalue weighted by atomic mass is 9.90. The van der Waals surface area contributed by atoms with Crippen LogP contribution >= 0.6 is 23.4 Å². The van der Waals surface area contributed by atoms with Crippen LogP contribution in [0, 0.1) is 0 Å². The van der Waals surface area contributed by atoms with Crippen LogP contribution in [-0.2, 0) is 0 Å². The van der Waals surface area contributed by atoms with Gasteiger partial charge in [-0.05, 0) is 80.5 Å². The van der Waals surface area contributed by atoms with Gasteiger partial charge < -0.3 is 10.6 Å². The van der Waals surface area contributed by atoms with Gasteiger partial charge in [0.05, 0.1) is 5.52 Å². The molecule has 1 aromatic heterocycles. The van der Waals surface area contributed by atoms with E-state index in [-0.39, 0.29) is 11.9 Å². The summed E-state index contributed by atoms with van der Waals surface area (Å²) in [6.45, 7) is 0. The Morgan fingerprint density at radius 3 is 2.48 bits per heavy atom. The largest absolute Gasteiger partial charge is 0.382 e. The van der Waals surface area contributed by atoms with Crippen molar-refractivity contribution in [2.45, 2.75) is 42.7 Å². The maximum absolute atomic E-state index is 12.5. The number of fused-ring (bicyclic) bond motifs is 1. The van der Waals surface area contributed by atoms with Crippen molar-refractivity contribution in [1.82, 2.24) is 10.3 Å². The van der Waals surface area contributed by atoms with Crippen molar-refractivity contribution in [2.24, 2.45) is 0 Å². The Bertz CT molecular complexity index is 1000.